The van der Waals surface area contributed by atoms with Crippen molar-refractivity contribution < 1.29 is 9.90 Å². The number of halogens is 2. The number of aliphatic carboxylic acids is 1. The summed E-state index contributed by atoms with van der Waals surface area (Å²) in [7, 11) is 0. The van der Waals surface area contributed by atoms with E-state index in [0.29, 0.717) is 22.5 Å². The second kappa shape index (κ2) is 6.79. The number of benzene rings is 1. The van der Waals surface area contributed by atoms with Gasteiger partial charge in [-0.25, -0.2) is 0 Å². The first-order valence-corrected chi connectivity index (χ1v) is 7.67. The van der Waals surface area contributed by atoms with Crippen molar-refractivity contribution in [1.29, 1.82) is 0 Å². The summed E-state index contributed by atoms with van der Waals surface area (Å²) in [6.07, 6.45) is 2.83. The first-order chi connectivity index (χ1) is 9.51. The van der Waals surface area contributed by atoms with E-state index in [0.717, 1.165) is 31.4 Å². The quantitative estimate of drug-likeness (QED) is 0.910. The van der Waals surface area contributed by atoms with Gasteiger partial charge in [-0.15, -0.1) is 0 Å². The van der Waals surface area contributed by atoms with Crippen molar-refractivity contribution in [2.75, 3.05) is 6.54 Å². The van der Waals surface area contributed by atoms with E-state index in [4.69, 9.17) is 23.2 Å². The van der Waals surface area contributed by atoms with Crippen molar-refractivity contribution in [2.24, 2.45) is 5.92 Å². The zero-order chi connectivity index (χ0) is 14.7. The maximum Gasteiger partial charge on any atom is 0.320 e. The molecular formula is C15H19Cl2NO2. The molecule has 2 unspecified atom stereocenters. The average Bonchev–Trinajstić information content (AvgIpc) is 2.43. The maximum atomic E-state index is 11.4. The molecule has 1 aliphatic rings. The lowest BCUT2D eigenvalue weighted by atomic mass is 9.88. The van der Waals surface area contributed by atoms with Crippen molar-refractivity contribution in [1.82, 2.24) is 4.90 Å². The van der Waals surface area contributed by atoms with Gasteiger partial charge in [0, 0.05) is 6.54 Å². The van der Waals surface area contributed by atoms with E-state index in [2.05, 4.69) is 6.92 Å². The fraction of sp³-hybridized carbons (Fsp3) is 0.533. The number of likely N-dealkylation sites (tertiary alicyclic amines) is 1. The number of hydrogen-bond donors (Lipinski definition) is 1. The predicted octanol–water partition coefficient (Wildman–Crippen LogP) is 4.07. The van der Waals surface area contributed by atoms with Gasteiger partial charge < -0.3 is 5.11 Å². The van der Waals surface area contributed by atoms with E-state index in [-0.39, 0.29) is 0 Å². The Morgan fingerprint density at radius 3 is 2.75 bits per heavy atom. The first kappa shape index (κ1) is 15.6. The lowest BCUT2D eigenvalue weighted by Crippen LogP contribution is -2.46. The summed E-state index contributed by atoms with van der Waals surface area (Å²) in [5.74, 6) is -0.218. The van der Waals surface area contributed by atoms with Crippen molar-refractivity contribution >= 4 is 29.2 Å². The van der Waals surface area contributed by atoms with Crippen LogP contribution in [0.4, 0.5) is 0 Å². The van der Waals surface area contributed by atoms with Gasteiger partial charge in [0.15, 0.2) is 0 Å². The number of piperidine rings is 1. The molecule has 0 bridgehead atoms. The Labute approximate surface area is 129 Å². The number of hydrogen-bond acceptors (Lipinski definition) is 2. The van der Waals surface area contributed by atoms with Gasteiger partial charge in [-0.2, -0.15) is 0 Å². The van der Waals surface area contributed by atoms with Crippen LogP contribution in [-0.2, 0) is 11.3 Å². The lowest BCUT2D eigenvalue weighted by Gasteiger charge is -2.37. The van der Waals surface area contributed by atoms with Crippen LogP contribution in [0.15, 0.2) is 18.2 Å². The Kier molecular flexibility index (Phi) is 5.30. The molecule has 0 radical (unpaired) electrons. The minimum Gasteiger partial charge on any atom is -0.480 e. The third-order valence-corrected chi connectivity index (χ3v) is 4.79. The van der Waals surface area contributed by atoms with Crippen molar-refractivity contribution in [3.63, 3.8) is 0 Å². The summed E-state index contributed by atoms with van der Waals surface area (Å²) in [4.78, 5) is 13.5. The fourth-order valence-corrected chi connectivity index (χ4v) is 3.10. The normalized spacial score (nSPS) is 23.8. The van der Waals surface area contributed by atoms with Crippen LogP contribution in [-0.4, -0.2) is 28.6 Å². The predicted molar refractivity (Wildman–Crippen MR) is 81.3 cm³/mol. The molecule has 5 heteroatoms. The molecule has 0 saturated carbocycles. The first-order valence-electron chi connectivity index (χ1n) is 6.92. The molecule has 2 atom stereocenters. The highest BCUT2D eigenvalue weighted by atomic mass is 35.5. The smallest absolute Gasteiger partial charge is 0.320 e. The summed E-state index contributed by atoms with van der Waals surface area (Å²) in [5, 5.41) is 10.4. The summed E-state index contributed by atoms with van der Waals surface area (Å²) in [6, 6.07) is 5.07. The molecule has 1 aromatic rings. The molecule has 1 N–H and O–H groups in total. The zero-order valence-electron chi connectivity index (χ0n) is 11.5. The zero-order valence-corrected chi connectivity index (χ0v) is 13.0. The molecule has 0 spiro atoms. The van der Waals surface area contributed by atoms with Crippen LogP contribution < -0.4 is 0 Å². The number of carboxylic acid groups (broad SMARTS) is 1. The van der Waals surface area contributed by atoms with Crippen molar-refractivity contribution in [3.05, 3.63) is 33.8 Å². The van der Waals surface area contributed by atoms with Gasteiger partial charge in [0.25, 0.3) is 0 Å². The van der Waals surface area contributed by atoms with Crippen LogP contribution in [0.2, 0.25) is 10.0 Å². The highest BCUT2D eigenvalue weighted by Gasteiger charge is 2.32. The molecule has 1 aliphatic heterocycles. The molecule has 0 aliphatic carbocycles. The van der Waals surface area contributed by atoms with Crippen LogP contribution in [0.3, 0.4) is 0 Å². The van der Waals surface area contributed by atoms with E-state index < -0.39 is 12.0 Å². The molecule has 20 heavy (non-hydrogen) atoms. The van der Waals surface area contributed by atoms with Gasteiger partial charge in [0.2, 0.25) is 0 Å². The Morgan fingerprint density at radius 2 is 2.15 bits per heavy atom. The monoisotopic (exact) mass is 315 g/mol. The fourth-order valence-electron chi connectivity index (χ4n) is 2.78. The number of carboxylic acids is 1. The molecule has 3 nitrogen and oxygen atoms in total. The van der Waals surface area contributed by atoms with Crippen LogP contribution in [0.25, 0.3) is 0 Å². The van der Waals surface area contributed by atoms with E-state index >= 15 is 0 Å². The Balaban J connectivity index is 2.10. The molecule has 1 saturated heterocycles. The van der Waals surface area contributed by atoms with Gasteiger partial charge in [-0.1, -0.05) is 42.6 Å². The summed E-state index contributed by atoms with van der Waals surface area (Å²) >= 11 is 11.9. The van der Waals surface area contributed by atoms with Gasteiger partial charge in [0.1, 0.15) is 6.04 Å². The minimum atomic E-state index is -0.733. The second-order valence-corrected chi connectivity index (χ2v) is 6.19. The van der Waals surface area contributed by atoms with E-state index in [9.17, 15) is 9.90 Å². The minimum absolute atomic E-state index is 0.400. The van der Waals surface area contributed by atoms with Gasteiger partial charge in [-0.05, 0) is 43.0 Å². The highest BCUT2D eigenvalue weighted by Crippen LogP contribution is 2.28. The van der Waals surface area contributed by atoms with E-state index in [1.807, 2.05) is 17.0 Å². The Hall–Kier alpha value is -0.770. The van der Waals surface area contributed by atoms with Crippen molar-refractivity contribution in [2.45, 2.75) is 38.8 Å². The number of nitrogens with zero attached hydrogens (tertiary/aromatic N) is 1. The van der Waals surface area contributed by atoms with Crippen LogP contribution in [0.5, 0.6) is 0 Å². The van der Waals surface area contributed by atoms with Gasteiger partial charge >= 0.3 is 5.97 Å². The topological polar surface area (TPSA) is 40.5 Å². The molecule has 0 aromatic heterocycles. The summed E-state index contributed by atoms with van der Waals surface area (Å²) in [5.41, 5.74) is 1.00. The van der Waals surface area contributed by atoms with Crippen LogP contribution in [0, 0.1) is 5.92 Å². The maximum absolute atomic E-state index is 11.4. The third-order valence-electron chi connectivity index (χ3n) is 4.05. The van der Waals surface area contributed by atoms with Crippen molar-refractivity contribution in [3.8, 4) is 0 Å². The summed E-state index contributed by atoms with van der Waals surface area (Å²) < 4.78 is 0. The van der Waals surface area contributed by atoms with Crippen LogP contribution in [0.1, 0.15) is 31.7 Å². The van der Waals surface area contributed by atoms with E-state index in [1.165, 1.54) is 0 Å². The molecule has 1 fully saturated rings. The molecular weight excluding hydrogens is 297 g/mol. The molecule has 1 heterocycles. The summed E-state index contributed by atoms with van der Waals surface area (Å²) in [6.45, 7) is 3.54. The van der Waals surface area contributed by atoms with Gasteiger partial charge in [0.05, 0.1) is 10.0 Å². The lowest BCUT2D eigenvalue weighted by molar-refractivity contribution is -0.145. The van der Waals surface area contributed by atoms with Crippen LogP contribution >= 0.6 is 23.2 Å². The van der Waals surface area contributed by atoms with E-state index in [1.54, 1.807) is 6.07 Å². The Bertz CT molecular complexity index is 493. The third kappa shape index (κ3) is 3.66. The average molecular weight is 316 g/mol. The number of carbonyl (C=O) groups is 1. The molecule has 110 valence electrons. The Morgan fingerprint density at radius 1 is 1.40 bits per heavy atom. The second-order valence-electron chi connectivity index (χ2n) is 5.37. The number of rotatable bonds is 4. The standard InChI is InChI=1S/C15H19Cl2NO2/c1-2-10-5-6-18(14(8-10)15(19)20)9-11-3-4-12(16)13(17)7-11/h3-4,7,10,14H,2,5-6,8-9H2,1H3,(H,19,20). The molecule has 2 rings (SSSR count). The van der Waals surface area contributed by atoms with Gasteiger partial charge in [-0.3, -0.25) is 9.69 Å². The highest BCUT2D eigenvalue weighted by molar-refractivity contribution is 6.42. The molecule has 0 amide bonds. The molecule has 1 aromatic carbocycles. The SMILES string of the molecule is CCC1CCN(Cc2ccc(Cl)c(Cl)c2)C(C(=O)O)C1. The largest absolute Gasteiger partial charge is 0.480 e.